The quantitative estimate of drug-likeness (QED) is 0.914. The summed E-state index contributed by atoms with van der Waals surface area (Å²) in [5.74, 6) is 3.80. The fourth-order valence-electron chi connectivity index (χ4n) is 3.68. The van der Waals surface area contributed by atoms with Gasteiger partial charge in [0.05, 0.1) is 0 Å². The summed E-state index contributed by atoms with van der Waals surface area (Å²) < 4.78 is 0. The maximum Gasteiger partial charge on any atom is 0.152 e. The molecule has 0 radical (unpaired) electrons. The van der Waals surface area contributed by atoms with Crippen LogP contribution in [0.5, 0.6) is 0 Å². The highest BCUT2D eigenvalue weighted by molar-refractivity contribution is 6.35. The first-order chi connectivity index (χ1) is 8.65. The monoisotopic (exact) mass is 266 g/mol. The third-order valence-corrected chi connectivity index (χ3v) is 4.92. The highest BCUT2D eigenvalue weighted by Gasteiger charge is 2.39. The molecule has 18 heavy (non-hydrogen) atoms. The summed E-state index contributed by atoms with van der Waals surface area (Å²) in [6, 6.07) is 0. The van der Waals surface area contributed by atoms with Gasteiger partial charge in [0, 0.05) is 13.6 Å². The number of nitrogen functional groups attached to an aromatic ring is 1. The largest absolute Gasteiger partial charge is 0.382 e. The second-order valence-electron chi connectivity index (χ2n) is 5.71. The maximum atomic E-state index is 6.16. The minimum absolute atomic E-state index is 0.362. The fraction of sp³-hybridized carbons (Fsp3) is 0.692. The van der Waals surface area contributed by atoms with Crippen LogP contribution in [0.1, 0.15) is 25.7 Å². The third-order valence-electron chi connectivity index (χ3n) is 4.55. The molecule has 4 nitrogen and oxygen atoms in total. The fourth-order valence-corrected chi connectivity index (χ4v) is 3.92. The van der Waals surface area contributed by atoms with E-state index in [0.717, 1.165) is 30.1 Å². The van der Waals surface area contributed by atoms with Gasteiger partial charge in [0.15, 0.2) is 5.82 Å². The molecule has 3 rings (SSSR count). The first kappa shape index (κ1) is 12.0. The lowest BCUT2D eigenvalue weighted by molar-refractivity contribution is 0.337. The van der Waals surface area contributed by atoms with E-state index in [2.05, 4.69) is 14.9 Å². The van der Waals surface area contributed by atoms with Crippen LogP contribution >= 0.6 is 11.6 Å². The number of nitrogens with two attached hydrogens (primary N) is 1. The molecule has 1 aromatic heterocycles. The van der Waals surface area contributed by atoms with Gasteiger partial charge in [-0.2, -0.15) is 0 Å². The van der Waals surface area contributed by atoms with Gasteiger partial charge < -0.3 is 10.6 Å². The van der Waals surface area contributed by atoms with E-state index in [1.807, 2.05) is 7.05 Å². The van der Waals surface area contributed by atoms with Crippen molar-refractivity contribution < 1.29 is 0 Å². The smallest absolute Gasteiger partial charge is 0.152 e. The standard InChI is InChI=1S/C13H19ClN4/c1-18(13-11(14)12(15)16-7-17-13)6-10-5-8-2-3-9(10)4-8/h7-10H,2-6H2,1H3,(H2,15,16,17). The molecule has 2 aliphatic rings. The van der Waals surface area contributed by atoms with Crippen molar-refractivity contribution in [2.45, 2.75) is 25.7 Å². The van der Waals surface area contributed by atoms with E-state index in [1.165, 1.54) is 32.0 Å². The first-order valence-electron chi connectivity index (χ1n) is 6.62. The van der Waals surface area contributed by atoms with Crippen molar-refractivity contribution in [1.29, 1.82) is 0 Å². The second kappa shape index (κ2) is 4.57. The van der Waals surface area contributed by atoms with Crippen molar-refractivity contribution in [3.63, 3.8) is 0 Å². The van der Waals surface area contributed by atoms with Crippen molar-refractivity contribution >= 4 is 23.2 Å². The summed E-state index contributed by atoms with van der Waals surface area (Å²) in [4.78, 5) is 10.3. The van der Waals surface area contributed by atoms with Gasteiger partial charge in [0.25, 0.3) is 0 Å². The van der Waals surface area contributed by atoms with Gasteiger partial charge in [0.2, 0.25) is 0 Å². The second-order valence-corrected chi connectivity index (χ2v) is 6.09. The summed E-state index contributed by atoms with van der Waals surface area (Å²) in [7, 11) is 2.04. The average Bonchev–Trinajstić information content (AvgIpc) is 2.94. The Morgan fingerprint density at radius 1 is 1.39 bits per heavy atom. The normalized spacial score (nSPS) is 29.8. The molecule has 2 aliphatic carbocycles. The van der Waals surface area contributed by atoms with Crippen LogP contribution in [0.3, 0.4) is 0 Å². The topological polar surface area (TPSA) is 55.0 Å². The molecule has 0 spiro atoms. The average molecular weight is 267 g/mol. The van der Waals surface area contributed by atoms with Crippen LogP contribution in [0, 0.1) is 17.8 Å². The minimum atomic E-state index is 0.362. The Hall–Kier alpha value is -1.03. The van der Waals surface area contributed by atoms with E-state index < -0.39 is 0 Å². The lowest BCUT2D eigenvalue weighted by Crippen LogP contribution is -2.29. The summed E-state index contributed by atoms with van der Waals surface area (Å²) in [6.07, 6.45) is 7.12. The van der Waals surface area contributed by atoms with Crippen molar-refractivity contribution in [1.82, 2.24) is 9.97 Å². The van der Waals surface area contributed by atoms with Gasteiger partial charge in [-0.1, -0.05) is 18.0 Å². The molecule has 98 valence electrons. The molecule has 1 heterocycles. The van der Waals surface area contributed by atoms with E-state index in [-0.39, 0.29) is 0 Å². The Balaban J connectivity index is 1.71. The molecule has 0 amide bonds. The van der Waals surface area contributed by atoms with Crippen LogP contribution in [0.15, 0.2) is 6.33 Å². The van der Waals surface area contributed by atoms with Gasteiger partial charge in [-0.3, -0.25) is 0 Å². The highest BCUT2D eigenvalue weighted by Crippen LogP contribution is 2.48. The Morgan fingerprint density at radius 2 is 2.22 bits per heavy atom. The zero-order chi connectivity index (χ0) is 12.7. The zero-order valence-electron chi connectivity index (χ0n) is 10.6. The number of hydrogen-bond donors (Lipinski definition) is 1. The predicted molar refractivity (Wildman–Crippen MR) is 73.7 cm³/mol. The number of nitrogens with zero attached hydrogens (tertiary/aromatic N) is 3. The Kier molecular flexibility index (Phi) is 3.06. The molecular formula is C13H19ClN4. The molecule has 0 saturated heterocycles. The number of halogens is 1. The number of hydrogen-bond acceptors (Lipinski definition) is 4. The lowest BCUT2D eigenvalue weighted by atomic mass is 9.88. The molecule has 2 N–H and O–H groups in total. The van der Waals surface area contributed by atoms with E-state index >= 15 is 0 Å². The molecular weight excluding hydrogens is 248 g/mol. The molecule has 3 atom stereocenters. The summed E-state index contributed by atoms with van der Waals surface area (Å²) in [6.45, 7) is 1.03. The zero-order valence-corrected chi connectivity index (χ0v) is 11.4. The van der Waals surface area contributed by atoms with Gasteiger partial charge in [-0.05, 0) is 37.0 Å². The van der Waals surface area contributed by atoms with Crippen molar-refractivity contribution in [2.24, 2.45) is 17.8 Å². The summed E-state index contributed by atoms with van der Waals surface area (Å²) in [5.41, 5.74) is 5.72. The van der Waals surface area contributed by atoms with E-state index in [1.54, 1.807) is 0 Å². The summed E-state index contributed by atoms with van der Waals surface area (Å²) >= 11 is 6.16. The van der Waals surface area contributed by atoms with Gasteiger partial charge in [-0.25, -0.2) is 9.97 Å². The molecule has 1 aromatic rings. The Morgan fingerprint density at radius 3 is 2.89 bits per heavy atom. The number of anilines is 2. The van der Waals surface area contributed by atoms with E-state index in [9.17, 15) is 0 Å². The van der Waals surface area contributed by atoms with Crippen LogP contribution in [0.2, 0.25) is 5.02 Å². The molecule has 3 unspecified atom stereocenters. The Bertz CT molecular complexity index is 451. The first-order valence-corrected chi connectivity index (χ1v) is 7.00. The van der Waals surface area contributed by atoms with Gasteiger partial charge >= 0.3 is 0 Å². The molecule has 5 heteroatoms. The van der Waals surface area contributed by atoms with Crippen LogP contribution < -0.4 is 10.6 Å². The summed E-state index contributed by atoms with van der Waals surface area (Å²) in [5, 5.41) is 0.475. The van der Waals surface area contributed by atoms with Gasteiger partial charge in [-0.15, -0.1) is 0 Å². The lowest BCUT2D eigenvalue weighted by Gasteiger charge is -2.28. The van der Waals surface area contributed by atoms with Crippen LogP contribution in [-0.2, 0) is 0 Å². The molecule has 2 saturated carbocycles. The van der Waals surface area contributed by atoms with Crippen molar-refractivity contribution in [3.05, 3.63) is 11.3 Å². The van der Waals surface area contributed by atoms with Gasteiger partial charge in [0.1, 0.15) is 17.2 Å². The van der Waals surface area contributed by atoms with E-state index in [4.69, 9.17) is 17.3 Å². The molecule has 2 fully saturated rings. The third kappa shape index (κ3) is 2.03. The van der Waals surface area contributed by atoms with Crippen LogP contribution in [-0.4, -0.2) is 23.6 Å². The molecule has 2 bridgehead atoms. The van der Waals surface area contributed by atoms with Crippen molar-refractivity contribution in [2.75, 3.05) is 24.2 Å². The predicted octanol–water partition coefficient (Wildman–Crippen LogP) is 2.58. The molecule has 0 aliphatic heterocycles. The van der Waals surface area contributed by atoms with Crippen LogP contribution in [0.25, 0.3) is 0 Å². The highest BCUT2D eigenvalue weighted by atomic mass is 35.5. The number of rotatable bonds is 3. The number of fused-ring (bicyclic) bond motifs is 2. The SMILES string of the molecule is CN(CC1CC2CCC1C2)c1ncnc(N)c1Cl. The Labute approximate surface area is 113 Å². The van der Waals surface area contributed by atoms with E-state index in [0.29, 0.717) is 10.8 Å². The maximum absolute atomic E-state index is 6.16. The van der Waals surface area contributed by atoms with Crippen LogP contribution in [0.4, 0.5) is 11.6 Å². The van der Waals surface area contributed by atoms with Crippen molar-refractivity contribution in [3.8, 4) is 0 Å². The minimum Gasteiger partial charge on any atom is -0.382 e. The molecule has 0 aromatic carbocycles. The number of aromatic nitrogens is 2.